The van der Waals surface area contributed by atoms with Crippen LogP contribution in [0.1, 0.15) is 53.9 Å². The Labute approximate surface area is 124 Å². The second kappa shape index (κ2) is 7.99. The van der Waals surface area contributed by atoms with E-state index < -0.39 is 0 Å². The third-order valence-corrected chi connectivity index (χ3v) is 4.01. The number of hydrogen-bond donors (Lipinski definition) is 1. The SMILES string of the molecule is CC1CCCN(C(C)(C)CNC(=O)CCOC(C)C)C1. The van der Waals surface area contributed by atoms with E-state index in [1.165, 1.54) is 12.8 Å². The molecule has 1 amide bonds. The van der Waals surface area contributed by atoms with Crippen molar-refractivity contribution in [2.45, 2.75) is 65.5 Å². The Hall–Kier alpha value is -0.610. The second-order valence-electron chi connectivity index (χ2n) is 6.95. The minimum absolute atomic E-state index is 0.0310. The largest absolute Gasteiger partial charge is 0.378 e. The van der Waals surface area contributed by atoms with Crippen molar-refractivity contribution in [3.8, 4) is 0 Å². The highest BCUT2D eigenvalue weighted by Crippen LogP contribution is 2.23. The zero-order chi connectivity index (χ0) is 15.2. The van der Waals surface area contributed by atoms with Gasteiger partial charge >= 0.3 is 0 Å². The van der Waals surface area contributed by atoms with Crippen LogP contribution in [0.25, 0.3) is 0 Å². The third kappa shape index (κ3) is 6.23. The van der Waals surface area contributed by atoms with Crippen molar-refractivity contribution < 1.29 is 9.53 Å². The number of rotatable bonds is 7. The highest BCUT2D eigenvalue weighted by Gasteiger charge is 2.30. The van der Waals surface area contributed by atoms with Crippen LogP contribution >= 0.6 is 0 Å². The first-order chi connectivity index (χ1) is 9.31. The van der Waals surface area contributed by atoms with Crippen LogP contribution in [-0.4, -0.2) is 48.7 Å². The summed E-state index contributed by atoms with van der Waals surface area (Å²) in [6.07, 6.45) is 3.23. The maximum atomic E-state index is 11.8. The van der Waals surface area contributed by atoms with Gasteiger partial charge in [0.05, 0.1) is 12.7 Å². The van der Waals surface area contributed by atoms with Crippen molar-refractivity contribution in [3.63, 3.8) is 0 Å². The fourth-order valence-corrected chi connectivity index (χ4v) is 2.64. The maximum Gasteiger partial charge on any atom is 0.222 e. The molecule has 1 rings (SSSR count). The van der Waals surface area contributed by atoms with Crippen LogP contribution in [-0.2, 0) is 9.53 Å². The van der Waals surface area contributed by atoms with Crippen LogP contribution in [0.5, 0.6) is 0 Å². The quantitative estimate of drug-likeness (QED) is 0.780. The lowest BCUT2D eigenvalue weighted by atomic mass is 9.93. The molecular formula is C16H32N2O2. The van der Waals surface area contributed by atoms with Crippen molar-refractivity contribution >= 4 is 5.91 Å². The van der Waals surface area contributed by atoms with E-state index in [1.54, 1.807) is 0 Å². The second-order valence-corrected chi connectivity index (χ2v) is 6.95. The zero-order valence-electron chi connectivity index (χ0n) is 13.9. The molecule has 1 unspecified atom stereocenters. The number of ether oxygens (including phenoxy) is 1. The van der Waals surface area contributed by atoms with Gasteiger partial charge in [-0.2, -0.15) is 0 Å². The smallest absolute Gasteiger partial charge is 0.222 e. The Balaban J connectivity index is 2.29. The van der Waals surface area contributed by atoms with E-state index in [-0.39, 0.29) is 17.6 Å². The highest BCUT2D eigenvalue weighted by molar-refractivity contribution is 5.76. The van der Waals surface area contributed by atoms with Crippen LogP contribution in [0, 0.1) is 5.92 Å². The van der Waals surface area contributed by atoms with Crippen LogP contribution in [0.4, 0.5) is 0 Å². The lowest BCUT2D eigenvalue weighted by molar-refractivity contribution is -0.123. The van der Waals surface area contributed by atoms with Gasteiger partial charge in [-0.05, 0) is 53.0 Å². The topological polar surface area (TPSA) is 41.6 Å². The average molecular weight is 284 g/mol. The summed E-state index contributed by atoms with van der Waals surface area (Å²) in [6.45, 7) is 14.2. The summed E-state index contributed by atoms with van der Waals surface area (Å²) in [6, 6.07) is 0. The van der Waals surface area contributed by atoms with E-state index in [0.29, 0.717) is 19.6 Å². The molecule has 0 radical (unpaired) electrons. The standard InChI is InChI=1S/C16H32N2O2/c1-13(2)20-10-8-15(19)17-12-16(4,5)18-9-6-7-14(3)11-18/h13-14H,6-12H2,1-5H3,(H,17,19). The molecule has 0 spiro atoms. The summed E-state index contributed by atoms with van der Waals surface area (Å²) in [5.74, 6) is 0.849. The Morgan fingerprint density at radius 3 is 2.75 bits per heavy atom. The third-order valence-electron chi connectivity index (χ3n) is 4.01. The number of nitrogens with one attached hydrogen (secondary N) is 1. The van der Waals surface area contributed by atoms with Gasteiger partial charge in [0.2, 0.25) is 5.91 Å². The minimum atomic E-state index is 0.0310. The molecule has 118 valence electrons. The van der Waals surface area contributed by atoms with Gasteiger partial charge < -0.3 is 10.1 Å². The van der Waals surface area contributed by atoms with Crippen LogP contribution < -0.4 is 5.32 Å². The Morgan fingerprint density at radius 1 is 1.45 bits per heavy atom. The van der Waals surface area contributed by atoms with Crippen molar-refractivity contribution in [2.75, 3.05) is 26.2 Å². The van der Waals surface area contributed by atoms with Gasteiger partial charge in [0.1, 0.15) is 0 Å². The van der Waals surface area contributed by atoms with Crippen LogP contribution in [0.2, 0.25) is 0 Å². The summed E-state index contributed by atoms with van der Waals surface area (Å²) < 4.78 is 5.40. The van der Waals surface area contributed by atoms with Crippen molar-refractivity contribution in [1.29, 1.82) is 0 Å². The maximum absolute atomic E-state index is 11.8. The number of carbonyl (C=O) groups excluding carboxylic acids is 1. The number of hydrogen-bond acceptors (Lipinski definition) is 3. The first kappa shape index (κ1) is 17.4. The van der Waals surface area contributed by atoms with Crippen molar-refractivity contribution in [1.82, 2.24) is 10.2 Å². The molecule has 0 aromatic heterocycles. The summed E-state index contributed by atoms with van der Waals surface area (Å²) in [4.78, 5) is 14.3. The zero-order valence-corrected chi connectivity index (χ0v) is 13.9. The summed E-state index contributed by atoms with van der Waals surface area (Å²) in [5, 5.41) is 3.05. The predicted molar refractivity (Wildman–Crippen MR) is 82.8 cm³/mol. The molecule has 20 heavy (non-hydrogen) atoms. The number of piperidine rings is 1. The first-order valence-electron chi connectivity index (χ1n) is 7.94. The molecule has 0 aromatic carbocycles. The number of carbonyl (C=O) groups is 1. The summed E-state index contributed by atoms with van der Waals surface area (Å²) in [7, 11) is 0. The normalized spacial score (nSPS) is 21.2. The summed E-state index contributed by atoms with van der Waals surface area (Å²) in [5.41, 5.74) is 0.0310. The minimum Gasteiger partial charge on any atom is -0.378 e. The Kier molecular flexibility index (Phi) is 6.96. The molecule has 0 aromatic rings. The lowest BCUT2D eigenvalue weighted by Gasteiger charge is -2.43. The molecular weight excluding hydrogens is 252 g/mol. The Bertz CT molecular complexity index is 303. The van der Waals surface area contributed by atoms with Gasteiger partial charge in [-0.15, -0.1) is 0 Å². The van der Waals surface area contributed by atoms with E-state index in [4.69, 9.17) is 4.74 Å². The highest BCUT2D eigenvalue weighted by atomic mass is 16.5. The van der Waals surface area contributed by atoms with Crippen LogP contribution in [0.15, 0.2) is 0 Å². The fourth-order valence-electron chi connectivity index (χ4n) is 2.64. The molecule has 4 heteroatoms. The molecule has 1 aliphatic rings. The first-order valence-corrected chi connectivity index (χ1v) is 7.94. The van der Waals surface area contributed by atoms with E-state index in [9.17, 15) is 4.79 Å². The van der Waals surface area contributed by atoms with E-state index in [2.05, 4.69) is 31.0 Å². The van der Waals surface area contributed by atoms with E-state index >= 15 is 0 Å². The average Bonchev–Trinajstić information content (AvgIpc) is 2.36. The molecule has 1 saturated heterocycles. The molecule has 1 fully saturated rings. The number of likely N-dealkylation sites (tertiary alicyclic amines) is 1. The predicted octanol–water partition coefficient (Wildman–Crippen LogP) is 2.43. The molecule has 1 N–H and O–H groups in total. The molecule has 1 aliphatic heterocycles. The van der Waals surface area contributed by atoms with Gasteiger partial charge in [0.15, 0.2) is 0 Å². The van der Waals surface area contributed by atoms with Gasteiger partial charge in [-0.25, -0.2) is 0 Å². The summed E-state index contributed by atoms with van der Waals surface area (Å²) >= 11 is 0. The molecule has 4 nitrogen and oxygen atoms in total. The number of amides is 1. The van der Waals surface area contributed by atoms with Crippen molar-refractivity contribution in [2.24, 2.45) is 5.92 Å². The van der Waals surface area contributed by atoms with Gasteiger partial charge in [-0.1, -0.05) is 6.92 Å². The van der Waals surface area contributed by atoms with Gasteiger partial charge in [-0.3, -0.25) is 9.69 Å². The van der Waals surface area contributed by atoms with Gasteiger partial charge in [0.25, 0.3) is 0 Å². The van der Waals surface area contributed by atoms with Crippen LogP contribution in [0.3, 0.4) is 0 Å². The van der Waals surface area contributed by atoms with E-state index in [1.807, 2.05) is 13.8 Å². The molecule has 0 bridgehead atoms. The molecule has 0 aliphatic carbocycles. The monoisotopic (exact) mass is 284 g/mol. The molecule has 1 atom stereocenters. The van der Waals surface area contributed by atoms with E-state index in [0.717, 1.165) is 19.0 Å². The number of nitrogens with zero attached hydrogens (tertiary/aromatic N) is 1. The molecule has 1 heterocycles. The molecule has 0 saturated carbocycles. The van der Waals surface area contributed by atoms with Crippen molar-refractivity contribution in [3.05, 3.63) is 0 Å². The Morgan fingerprint density at radius 2 is 2.15 bits per heavy atom. The fraction of sp³-hybridized carbons (Fsp3) is 0.938. The lowest BCUT2D eigenvalue weighted by Crippen LogP contribution is -2.54. The van der Waals surface area contributed by atoms with Gasteiger partial charge in [0, 0.05) is 25.0 Å².